The van der Waals surface area contributed by atoms with Gasteiger partial charge in [-0.05, 0) is 62.2 Å². The Kier molecular flexibility index (Phi) is 2.87. The quantitative estimate of drug-likeness (QED) is 0.845. The molecular formula is C16H26N2O. The summed E-state index contributed by atoms with van der Waals surface area (Å²) in [6, 6.07) is 0.676. The van der Waals surface area contributed by atoms with Gasteiger partial charge in [0.05, 0.1) is 6.04 Å². The molecule has 1 unspecified atom stereocenters. The lowest BCUT2D eigenvalue weighted by atomic mass is 9.54. The summed E-state index contributed by atoms with van der Waals surface area (Å²) in [5.41, 5.74) is 3.48. The summed E-state index contributed by atoms with van der Waals surface area (Å²) < 4.78 is 0. The number of rotatable bonds is 4. The van der Waals surface area contributed by atoms with Gasteiger partial charge in [0.2, 0.25) is 0 Å². The number of hydrogen-bond acceptors (Lipinski definition) is 2. The third kappa shape index (κ3) is 1.84. The molecule has 1 saturated heterocycles. The van der Waals surface area contributed by atoms with Crippen molar-refractivity contribution in [2.75, 3.05) is 0 Å². The molecular weight excluding hydrogens is 236 g/mol. The van der Waals surface area contributed by atoms with Crippen LogP contribution in [0.4, 0.5) is 0 Å². The maximum absolute atomic E-state index is 12.4. The first-order valence-corrected chi connectivity index (χ1v) is 8.35. The highest BCUT2D eigenvalue weighted by Gasteiger charge is 2.54. The lowest BCUT2D eigenvalue weighted by molar-refractivity contribution is -0.174. The van der Waals surface area contributed by atoms with E-state index in [4.69, 9.17) is 0 Å². The molecule has 0 aromatic heterocycles. The second-order valence-corrected chi connectivity index (χ2v) is 7.45. The molecule has 0 spiro atoms. The summed E-state index contributed by atoms with van der Waals surface area (Å²) in [5.74, 6) is 3.99. The van der Waals surface area contributed by atoms with Gasteiger partial charge in [0, 0.05) is 0 Å². The maximum Gasteiger partial charge on any atom is 0.255 e. The molecule has 4 saturated carbocycles. The summed E-state index contributed by atoms with van der Waals surface area (Å²) in [6.07, 6.45) is 10.4. The summed E-state index contributed by atoms with van der Waals surface area (Å²) in [6.45, 7) is 2.19. The number of hydrazine groups is 1. The van der Waals surface area contributed by atoms with Gasteiger partial charge in [-0.15, -0.1) is 0 Å². The number of carbonyl (C=O) groups excluding carboxylic acids is 1. The van der Waals surface area contributed by atoms with Gasteiger partial charge < -0.3 is 0 Å². The molecule has 3 nitrogen and oxygen atoms in total. The average Bonchev–Trinajstić information content (AvgIpc) is 2.39. The van der Waals surface area contributed by atoms with Gasteiger partial charge in [-0.1, -0.05) is 19.8 Å². The molecule has 1 N–H and O–H groups in total. The highest BCUT2D eigenvalue weighted by molar-refractivity contribution is 5.86. The van der Waals surface area contributed by atoms with Crippen LogP contribution in [0.2, 0.25) is 0 Å². The Morgan fingerprint density at radius 2 is 1.74 bits per heavy atom. The maximum atomic E-state index is 12.4. The molecule has 0 radical (unpaired) electrons. The minimum Gasteiger partial charge on any atom is -0.272 e. The summed E-state index contributed by atoms with van der Waals surface area (Å²) in [4.78, 5) is 12.4. The van der Waals surface area contributed by atoms with Crippen LogP contribution in [0.3, 0.4) is 0 Å². The largest absolute Gasteiger partial charge is 0.272 e. The Labute approximate surface area is 116 Å². The predicted molar refractivity (Wildman–Crippen MR) is 74.1 cm³/mol. The second-order valence-electron chi connectivity index (χ2n) is 7.45. The van der Waals surface area contributed by atoms with E-state index in [0.717, 1.165) is 30.1 Å². The van der Waals surface area contributed by atoms with Gasteiger partial charge in [0.25, 0.3) is 5.91 Å². The Balaban J connectivity index is 1.42. The van der Waals surface area contributed by atoms with Gasteiger partial charge in [0.1, 0.15) is 6.04 Å². The predicted octanol–water partition coefficient (Wildman–Crippen LogP) is 2.72. The summed E-state index contributed by atoms with van der Waals surface area (Å²) >= 11 is 0. The molecule has 106 valence electrons. The molecule has 1 amide bonds. The highest BCUT2D eigenvalue weighted by Crippen LogP contribution is 2.55. The van der Waals surface area contributed by atoms with E-state index in [0.29, 0.717) is 11.9 Å². The molecule has 1 atom stereocenters. The molecule has 3 heteroatoms. The zero-order valence-electron chi connectivity index (χ0n) is 12.0. The number of nitrogens with zero attached hydrogens (tertiary/aromatic N) is 1. The van der Waals surface area contributed by atoms with Crippen molar-refractivity contribution in [3.8, 4) is 0 Å². The minimum atomic E-state index is 0.136. The molecule has 5 fully saturated rings. The van der Waals surface area contributed by atoms with Crippen LogP contribution in [-0.2, 0) is 4.79 Å². The fourth-order valence-electron chi connectivity index (χ4n) is 5.54. The summed E-state index contributed by atoms with van der Waals surface area (Å²) in [5, 5.41) is 2.05. The molecule has 0 aromatic carbocycles. The van der Waals surface area contributed by atoms with Crippen molar-refractivity contribution in [3.63, 3.8) is 0 Å². The van der Waals surface area contributed by atoms with E-state index in [9.17, 15) is 4.79 Å². The zero-order chi connectivity index (χ0) is 13.0. The molecule has 19 heavy (non-hydrogen) atoms. The SMILES string of the molecule is CCCCC1NN(C2C3CC4CC(C3)CC2C4)C1=O. The Bertz CT molecular complexity index is 353. The first-order chi connectivity index (χ1) is 9.26. The van der Waals surface area contributed by atoms with Crippen LogP contribution in [0.25, 0.3) is 0 Å². The van der Waals surface area contributed by atoms with Crippen LogP contribution in [0, 0.1) is 23.7 Å². The van der Waals surface area contributed by atoms with Crippen molar-refractivity contribution in [2.45, 2.75) is 70.4 Å². The zero-order valence-corrected chi connectivity index (χ0v) is 12.0. The van der Waals surface area contributed by atoms with E-state index < -0.39 is 0 Å². The van der Waals surface area contributed by atoms with E-state index >= 15 is 0 Å². The van der Waals surface area contributed by atoms with E-state index in [2.05, 4.69) is 12.3 Å². The molecule has 1 aliphatic heterocycles. The van der Waals surface area contributed by atoms with Gasteiger partial charge in [-0.2, -0.15) is 0 Å². The third-order valence-electron chi connectivity index (χ3n) is 6.15. The fraction of sp³-hybridized carbons (Fsp3) is 0.938. The topological polar surface area (TPSA) is 32.3 Å². The normalized spacial score (nSPS) is 47.6. The van der Waals surface area contributed by atoms with E-state index in [1.54, 1.807) is 0 Å². The first kappa shape index (κ1) is 12.2. The summed E-state index contributed by atoms with van der Waals surface area (Å²) in [7, 11) is 0. The van der Waals surface area contributed by atoms with E-state index in [1.165, 1.54) is 44.9 Å². The van der Waals surface area contributed by atoms with Crippen LogP contribution in [-0.4, -0.2) is 23.0 Å². The Morgan fingerprint density at radius 1 is 1.11 bits per heavy atom. The van der Waals surface area contributed by atoms with Crippen LogP contribution in [0.15, 0.2) is 0 Å². The smallest absolute Gasteiger partial charge is 0.255 e. The lowest BCUT2D eigenvalue weighted by Crippen LogP contribution is -2.73. The van der Waals surface area contributed by atoms with Crippen molar-refractivity contribution >= 4 is 5.91 Å². The van der Waals surface area contributed by atoms with Crippen molar-refractivity contribution in [2.24, 2.45) is 23.7 Å². The van der Waals surface area contributed by atoms with Crippen LogP contribution >= 0.6 is 0 Å². The van der Waals surface area contributed by atoms with Gasteiger partial charge in [0.15, 0.2) is 0 Å². The Morgan fingerprint density at radius 3 is 2.26 bits per heavy atom. The third-order valence-corrected chi connectivity index (χ3v) is 6.15. The van der Waals surface area contributed by atoms with Crippen LogP contribution in [0.1, 0.15) is 58.3 Å². The number of carbonyl (C=O) groups is 1. The lowest BCUT2D eigenvalue weighted by Gasteiger charge is -2.59. The number of amides is 1. The van der Waals surface area contributed by atoms with Crippen LogP contribution < -0.4 is 5.43 Å². The number of nitrogens with one attached hydrogen (secondary N) is 1. The molecule has 4 bridgehead atoms. The average molecular weight is 262 g/mol. The van der Waals surface area contributed by atoms with Crippen molar-refractivity contribution in [1.82, 2.24) is 10.4 Å². The number of unbranched alkanes of at least 4 members (excludes halogenated alkanes) is 1. The van der Waals surface area contributed by atoms with E-state index in [-0.39, 0.29) is 6.04 Å². The van der Waals surface area contributed by atoms with Gasteiger partial charge in [-0.25, -0.2) is 5.43 Å². The molecule has 5 aliphatic rings. The first-order valence-electron chi connectivity index (χ1n) is 8.35. The second kappa shape index (κ2) is 4.47. The van der Waals surface area contributed by atoms with Crippen molar-refractivity contribution in [3.05, 3.63) is 0 Å². The molecule has 5 rings (SSSR count). The Hall–Kier alpha value is -0.570. The monoisotopic (exact) mass is 262 g/mol. The molecule has 1 heterocycles. The standard InChI is InChI=1S/C16H26N2O/c1-2-3-4-14-16(19)18(17-14)15-12-6-10-5-11(8-12)9-13(15)7-10/h10-15,17H,2-9H2,1H3. The van der Waals surface area contributed by atoms with Crippen molar-refractivity contribution < 1.29 is 4.79 Å². The molecule has 4 aliphatic carbocycles. The van der Waals surface area contributed by atoms with E-state index in [1.807, 2.05) is 5.01 Å². The number of hydrogen-bond donors (Lipinski definition) is 1. The van der Waals surface area contributed by atoms with Crippen LogP contribution in [0.5, 0.6) is 0 Å². The molecule has 0 aromatic rings. The fourth-order valence-corrected chi connectivity index (χ4v) is 5.54. The van der Waals surface area contributed by atoms with Crippen molar-refractivity contribution in [1.29, 1.82) is 0 Å². The highest BCUT2D eigenvalue weighted by atomic mass is 16.2. The van der Waals surface area contributed by atoms with Gasteiger partial charge >= 0.3 is 0 Å². The minimum absolute atomic E-state index is 0.136. The van der Waals surface area contributed by atoms with Gasteiger partial charge in [-0.3, -0.25) is 9.80 Å².